The summed E-state index contributed by atoms with van der Waals surface area (Å²) in [5.41, 5.74) is 1.48. The highest BCUT2D eigenvalue weighted by atomic mass is 19.1. The predicted molar refractivity (Wildman–Crippen MR) is 103 cm³/mol. The summed E-state index contributed by atoms with van der Waals surface area (Å²) in [7, 11) is 1.76. The van der Waals surface area contributed by atoms with Crippen LogP contribution in [-0.4, -0.2) is 54.3 Å². The van der Waals surface area contributed by atoms with Gasteiger partial charge >= 0.3 is 0 Å². The van der Waals surface area contributed by atoms with Gasteiger partial charge in [-0.15, -0.1) is 0 Å². The Kier molecular flexibility index (Phi) is 5.36. The van der Waals surface area contributed by atoms with Crippen LogP contribution in [-0.2, 0) is 11.3 Å². The smallest absolute Gasteiger partial charge is 0.225 e. The Morgan fingerprint density at radius 2 is 1.85 bits per heavy atom. The van der Waals surface area contributed by atoms with E-state index in [0.717, 1.165) is 51.4 Å². The van der Waals surface area contributed by atoms with Crippen LogP contribution >= 0.6 is 0 Å². The number of nitrogens with zero attached hydrogens (tertiary/aromatic N) is 4. The van der Waals surface area contributed by atoms with E-state index in [1.165, 1.54) is 5.56 Å². The van der Waals surface area contributed by atoms with Crippen LogP contribution in [0, 0.1) is 11.2 Å². The van der Waals surface area contributed by atoms with Crippen molar-refractivity contribution in [1.29, 1.82) is 0 Å². The van der Waals surface area contributed by atoms with Crippen LogP contribution in [0.15, 0.2) is 42.7 Å². The molecule has 2 aromatic rings. The zero-order valence-corrected chi connectivity index (χ0v) is 15.9. The van der Waals surface area contributed by atoms with Crippen molar-refractivity contribution < 1.29 is 9.13 Å². The first-order valence-corrected chi connectivity index (χ1v) is 9.67. The van der Waals surface area contributed by atoms with Crippen molar-refractivity contribution in [1.82, 2.24) is 14.9 Å². The van der Waals surface area contributed by atoms with Gasteiger partial charge in [0, 0.05) is 32.6 Å². The van der Waals surface area contributed by atoms with E-state index in [9.17, 15) is 4.39 Å². The molecule has 0 aliphatic carbocycles. The highest BCUT2D eigenvalue weighted by molar-refractivity contribution is 5.35. The molecule has 2 fully saturated rings. The lowest BCUT2D eigenvalue weighted by Gasteiger charge is -2.39. The normalized spacial score (nSPS) is 22.4. The van der Waals surface area contributed by atoms with E-state index in [1.807, 2.05) is 30.6 Å². The van der Waals surface area contributed by atoms with Crippen LogP contribution in [0.25, 0.3) is 0 Å². The SMILES string of the molecule is COCC1CC2(CCN(Cc3ccc(F)cc3)CC2)CN1c1ncccn1. The topological polar surface area (TPSA) is 41.5 Å². The molecular formula is C21H27FN4O. The number of rotatable bonds is 5. The lowest BCUT2D eigenvalue weighted by molar-refractivity contribution is 0.106. The number of hydrogen-bond acceptors (Lipinski definition) is 5. The van der Waals surface area contributed by atoms with Crippen molar-refractivity contribution >= 4 is 5.95 Å². The summed E-state index contributed by atoms with van der Waals surface area (Å²) in [6.07, 6.45) is 7.07. The second-order valence-electron chi connectivity index (χ2n) is 7.89. The van der Waals surface area contributed by atoms with Gasteiger partial charge in [-0.25, -0.2) is 14.4 Å². The Morgan fingerprint density at radius 3 is 2.52 bits per heavy atom. The molecule has 1 unspecified atom stereocenters. The summed E-state index contributed by atoms with van der Waals surface area (Å²) >= 11 is 0. The van der Waals surface area contributed by atoms with Gasteiger partial charge in [0.1, 0.15) is 5.82 Å². The Morgan fingerprint density at radius 1 is 1.15 bits per heavy atom. The van der Waals surface area contributed by atoms with E-state index in [4.69, 9.17) is 4.74 Å². The number of halogens is 1. The van der Waals surface area contributed by atoms with Crippen LogP contribution in [0.2, 0.25) is 0 Å². The fourth-order valence-corrected chi connectivity index (χ4v) is 4.58. The number of ether oxygens (including phenoxy) is 1. The molecule has 4 rings (SSSR count). The minimum atomic E-state index is -0.172. The summed E-state index contributed by atoms with van der Waals surface area (Å²) in [4.78, 5) is 13.7. The van der Waals surface area contributed by atoms with Gasteiger partial charge in [-0.05, 0) is 61.5 Å². The fraction of sp³-hybridized carbons (Fsp3) is 0.524. The molecule has 2 aliphatic rings. The van der Waals surface area contributed by atoms with E-state index in [0.29, 0.717) is 18.1 Å². The average molecular weight is 370 g/mol. The number of benzene rings is 1. The maximum Gasteiger partial charge on any atom is 0.225 e. The summed E-state index contributed by atoms with van der Waals surface area (Å²) in [5, 5.41) is 0. The van der Waals surface area contributed by atoms with E-state index in [2.05, 4.69) is 19.8 Å². The van der Waals surface area contributed by atoms with Crippen LogP contribution in [0.1, 0.15) is 24.8 Å². The molecule has 1 spiro atoms. The maximum atomic E-state index is 13.1. The molecule has 0 bridgehead atoms. The molecule has 5 nitrogen and oxygen atoms in total. The van der Waals surface area contributed by atoms with Gasteiger partial charge in [0.15, 0.2) is 0 Å². The summed E-state index contributed by atoms with van der Waals surface area (Å²) in [5.74, 6) is 0.639. The van der Waals surface area contributed by atoms with Crippen LogP contribution < -0.4 is 4.90 Å². The predicted octanol–water partition coefficient (Wildman–Crippen LogP) is 3.12. The molecule has 2 saturated heterocycles. The minimum absolute atomic E-state index is 0.172. The maximum absolute atomic E-state index is 13.1. The Hall–Kier alpha value is -2.05. The number of anilines is 1. The molecule has 0 saturated carbocycles. The van der Waals surface area contributed by atoms with Gasteiger partial charge in [0.05, 0.1) is 12.6 Å². The third-order valence-corrected chi connectivity index (χ3v) is 6.02. The van der Waals surface area contributed by atoms with Gasteiger partial charge in [-0.1, -0.05) is 12.1 Å². The van der Waals surface area contributed by atoms with Gasteiger partial charge in [-0.2, -0.15) is 0 Å². The van der Waals surface area contributed by atoms with E-state index < -0.39 is 0 Å². The first-order chi connectivity index (χ1) is 13.2. The molecule has 3 heterocycles. The van der Waals surface area contributed by atoms with Crippen molar-refractivity contribution in [2.24, 2.45) is 5.41 Å². The average Bonchev–Trinajstić information content (AvgIpc) is 3.05. The summed E-state index contributed by atoms with van der Waals surface area (Å²) < 4.78 is 18.6. The van der Waals surface area contributed by atoms with E-state index >= 15 is 0 Å². The quantitative estimate of drug-likeness (QED) is 0.809. The molecule has 0 radical (unpaired) electrons. The van der Waals surface area contributed by atoms with Crippen molar-refractivity contribution in [3.05, 3.63) is 54.1 Å². The van der Waals surface area contributed by atoms with Crippen molar-refractivity contribution in [2.45, 2.75) is 31.8 Å². The number of piperidine rings is 1. The zero-order chi connectivity index (χ0) is 18.7. The molecule has 27 heavy (non-hydrogen) atoms. The molecule has 1 aromatic heterocycles. The molecule has 0 N–H and O–H groups in total. The summed E-state index contributed by atoms with van der Waals surface area (Å²) in [6.45, 7) is 4.74. The van der Waals surface area contributed by atoms with E-state index in [-0.39, 0.29) is 5.82 Å². The Balaban J connectivity index is 1.40. The number of methoxy groups -OCH3 is 1. The molecule has 2 aliphatic heterocycles. The monoisotopic (exact) mass is 370 g/mol. The Labute approximate surface area is 160 Å². The summed E-state index contributed by atoms with van der Waals surface area (Å²) in [6, 6.07) is 9.06. The minimum Gasteiger partial charge on any atom is -0.383 e. The molecular weight excluding hydrogens is 343 g/mol. The molecule has 1 atom stereocenters. The second kappa shape index (κ2) is 7.90. The molecule has 0 amide bonds. The number of aromatic nitrogens is 2. The molecule has 1 aromatic carbocycles. The first-order valence-electron chi connectivity index (χ1n) is 9.67. The van der Waals surface area contributed by atoms with Crippen LogP contribution in [0.5, 0.6) is 0 Å². The first kappa shape index (κ1) is 18.3. The lowest BCUT2D eigenvalue weighted by atomic mass is 9.76. The second-order valence-corrected chi connectivity index (χ2v) is 7.89. The van der Waals surface area contributed by atoms with Gasteiger partial charge in [0.25, 0.3) is 0 Å². The third-order valence-electron chi connectivity index (χ3n) is 6.02. The van der Waals surface area contributed by atoms with Crippen molar-refractivity contribution in [3.63, 3.8) is 0 Å². The third kappa shape index (κ3) is 4.12. The molecule has 6 heteroatoms. The standard InChI is InChI=1S/C21H27FN4O/c1-27-15-19-13-21(16-26(19)20-23-9-2-10-24-20)7-11-25(12-8-21)14-17-3-5-18(22)6-4-17/h2-6,9-10,19H,7-8,11-16H2,1H3. The molecule has 144 valence electrons. The highest BCUT2D eigenvalue weighted by Gasteiger charge is 2.46. The van der Waals surface area contributed by atoms with Crippen molar-refractivity contribution in [3.8, 4) is 0 Å². The Bertz CT molecular complexity index is 732. The largest absolute Gasteiger partial charge is 0.383 e. The number of likely N-dealkylation sites (tertiary alicyclic amines) is 1. The van der Waals surface area contributed by atoms with Gasteiger partial charge < -0.3 is 9.64 Å². The van der Waals surface area contributed by atoms with Gasteiger partial charge in [-0.3, -0.25) is 4.90 Å². The fourth-order valence-electron chi connectivity index (χ4n) is 4.58. The van der Waals surface area contributed by atoms with E-state index in [1.54, 1.807) is 19.2 Å². The zero-order valence-electron chi connectivity index (χ0n) is 15.9. The van der Waals surface area contributed by atoms with Gasteiger partial charge in [0.2, 0.25) is 5.95 Å². The highest BCUT2D eigenvalue weighted by Crippen LogP contribution is 2.44. The lowest BCUT2D eigenvalue weighted by Crippen LogP contribution is -2.41. The van der Waals surface area contributed by atoms with Crippen molar-refractivity contribution in [2.75, 3.05) is 38.3 Å². The van der Waals surface area contributed by atoms with Crippen LogP contribution in [0.4, 0.5) is 10.3 Å². The number of hydrogen-bond donors (Lipinski definition) is 0. The van der Waals surface area contributed by atoms with Crippen LogP contribution in [0.3, 0.4) is 0 Å².